The molecule has 0 aromatic heterocycles. The summed E-state index contributed by atoms with van der Waals surface area (Å²) in [5.74, 6) is 1.09. The zero-order valence-corrected chi connectivity index (χ0v) is 19.7. The van der Waals surface area contributed by atoms with Crippen LogP contribution in [-0.2, 0) is 16.1 Å². The van der Waals surface area contributed by atoms with Gasteiger partial charge in [0.15, 0.2) is 0 Å². The van der Waals surface area contributed by atoms with Crippen LogP contribution in [0.1, 0.15) is 28.7 Å². The van der Waals surface area contributed by atoms with Crippen molar-refractivity contribution in [3.8, 4) is 11.2 Å². The van der Waals surface area contributed by atoms with Crippen molar-refractivity contribution in [1.82, 2.24) is 0 Å². The average Bonchev–Trinajstić information content (AvgIpc) is 2.79. The summed E-state index contributed by atoms with van der Waals surface area (Å²) in [4.78, 5) is 26.2. The van der Waals surface area contributed by atoms with E-state index in [1.54, 1.807) is 37.3 Å². The van der Waals surface area contributed by atoms with E-state index < -0.39 is 5.97 Å². The van der Waals surface area contributed by atoms with Crippen molar-refractivity contribution in [3.05, 3.63) is 70.0 Å². The number of amides is 1. The molecule has 0 fully saturated rings. The molecule has 29 heavy (non-hydrogen) atoms. The molecule has 3 rings (SSSR count). The first kappa shape index (κ1) is 21.9. The van der Waals surface area contributed by atoms with Gasteiger partial charge in [-0.1, -0.05) is 24.1 Å². The smallest absolute Gasteiger partial charge is 0.333 e. The number of benzene rings is 2. The monoisotopic (exact) mass is 585 g/mol. The molecule has 0 atom stereocenters. The van der Waals surface area contributed by atoms with Crippen molar-refractivity contribution in [2.45, 2.75) is 19.9 Å². The number of carboxylic acid groups (broad SMARTS) is 1. The van der Waals surface area contributed by atoms with Crippen LogP contribution in [0.2, 0.25) is 0 Å². The molecule has 2 aromatic carbocycles. The zero-order valence-electron chi connectivity index (χ0n) is 15.1. The van der Waals surface area contributed by atoms with Crippen molar-refractivity contribution in [3.63, 3.8) is 0 Å². The maximum Gasteiger partial charge on any atom is 0.333 e. The Hall–Kier alpha value is -1.83. The molecule has 0 bridgehead atoms. The lowest BCUT2D eigenvalue weighted by Gasteiger charge is -2.24. The Morgan fingerprint density at radius 3 is 2.76 bits per heavy atom. The van der Waals surface area contributed by atoms with Gasteiger partial charge in [-0.25, -0.2) is 9.18 Å². The number of carboxylic acids is 1. The maximum atomic E-state index is 14.0. The number of anilines is 1. The van der Waals surface area contributed by atoms with Gasteiger partial charge in [0.25, 0.3) is 0 Å². The largest absolute Gasteiger partial charge is 0.478 e. The van der Waals surface area contributed by atoms with Crippen LogP contribution in [-0.4, -0.2) is 17.0 Å². The summed E-state index contributed by atoms with van der Waals surface area (Å²) in [5.41, 5.74) is 2.91. The van der Waals surface area contributed by atoms with E-state index >= 15 is 0 Å². The first-order chi connectivity index (χ1) is 13.8. The van der Waals surface area contributed by atoms with Gasteiger partial charge in [0.2, 0.25) is 5.91 Å². The highest BCUT2D eigenvalue weighted by molar-refractivity contribution is 14.2. The molecule has 2 aromatic rings. The van der Waals surface area contributed by atoms with Crippen molar-refractivity contribution in [2.24, 2.45) is 0 Å². The third-order valence-corrected chi connectivity index (χ3v) is 6.23. The molecule has 1 heterocycles. The summed E-state index contributed by atoms with van der Waals surface area (Å²) in [6, 6.07) is 10.1. The Labute approximate surface area is 192 Å². The Kier molecular flexibility index (Phi) is 7.03. The predicted octanol–water partition coefficient (Wildman–Crippen LogP) is 5.65. The van der Waals surface area contributed by atoms with Crippen LogP contribution in [0.4, 0.5) is 10.1 Å². The lowest BCUT2D eigenvalue weighted by Crippen LogP contribution is -2.30. The third-order valence-electron chi connectivity index (χ3n) is 4.49. The van der Waals surface area contributed by atoms with E-state index in [4.69, 9.17) is 0 Å². The number of rotatable bonds is 3. The molecule has 0 unspecified atom stereocenters. The summed E-state index contributed by atoms with van der Waals surface area (Å²) in [6.45, 7) is 1.79. The summed E-state index contributed by atoms with van der Waals surface area (Å²) in [6.07, 6.45) is -0.274. The first-order valence-electron chi connectivity index (χ1n) is 8.42. The fourth-order valence-corrected chi connectivity index (χ4v) is 4.11. The average molecular weight is 586 g/mol. The lowest BCUT2D eigenvalue weighted by molar-refractivity contribution is -0.133. The number of fused-ring (bicyclic) bond motifs is 1. The Balaban J connectivity index is 2.14. The normalized spacial score (nSPS) is 13.5. The molecule has 1 N–H and O–H groups in total. The molecule has 0 saturated carbocycles. The van der Waals surface area contributed by atoms with E-state index in [0.29, 0.717) is 32.4 Å². The number of carbonyl (C=O) groups excluding carboxylic acids is 1. The van der Waals surface area contributed by atoms with E-state index in [0.717, 1.165) is 0 Å². The van der Waals surface area contributed by atoms with Gasteiger partial charge in [-0.05, 0) is 66.4 Å². The van der Waals surface area contributed by atoms with Gasteiger partial charge < -0.3 is 10.0 Å². The van der Waals surface area contributed by atoms with Gasteiger partial charge in [0.1, 0.15) is 5.82 Å². The topological polar surface area (TPSA) is 57.6 Å². The minimum atomic E-state index is -1.16. The number of hydrogen-bond donors (Lipinski definition) is 1. The highest BCUT2D eigenvalue weighted by Crippen LogP contribution is 2.39. The molecule has 0 spiro atoms. The zero-order chi connectivity index (χ0) is 21.1. The van der Waals surface area contributed by atoms with Gasteiger partial charge in [0, 0.05) is 36.8 Å². The number of carbonyl (C=O) groups is 2. The molecular formula is C21H14BrFINO3S. The molecule has 4 nitrogen and oxygen atoms in total. The van der Waals surface area contributed by atoms with Gasteiger partial charge in [-0.15, -0.1) is 0 Å². The summed E-state index contributed by atoms with van der Waals surface area (Å²) < 4.78 is 14.4. The molecule has 8 heteroatoms. The van der Waals surface area contributed by atoms with Gasteiger partial charge in [-0.3, -0.25) is 4.79 Å². The van der Waals surface area contributed by atoms with Crippen LogP contribution in [0.15, 0.2) is 42.0 Å². The van der Waals surface area contributed by atoms with Crippen molar-refractivity contribution in [2.75, 3.05) is 4.90 Å². The number of aliphatic carboxylic acids is 1. The van der Waals surface area contributed by atoms with E-state index in [-0.39, 0.29) is 30.3 Å². The summed E-state index contributed by atoms with van der Waals surface area (Å²) in [5, 5.41) is 12.5. The second-order valence-corrected chi connectivity index (χ2v) is 8.85. The maximum absolute atomic E-state index is 14.0. The number of aryl methyl sites for hydroxylation is 1. The minimum absolute atomic E-state index is 0.0181. The Morgan fingerprint density at radius 2 is 2.10 bits per heavy atom. The highest BCUT2D eigenvalue weighted by Gasteiger charge is 2.30. The standard InChI is InChI=1S/C21H14BrFINO3S/c1-12-2-3-14(8-17(12)23)11-25-18-9-13(6-7-29-24)4-5-15(18)20(22)16(21(27)28)10-19(25)26/h2-5,8-9H,10-11H2,1H3,(H,27,28). The van der Waals surface area contributed by atoms with Crippen molar-refractivity contribution in [1.29, 1.82) is 0 Å². The second kappa shape index (κ2) is 9.32. The lowest BCUT2D eigenvalue weighted by atomic mass is 10.1. The van der Waals surface area contributed by atoms with E-state index in [1.165, 1.54) is 19.9 Å². The quantitative estimate of drug-likeness (QED) is 0.373. The fraction of sp³-hybridized carbons (Fsp3) is 0.143. The summed E-state index contributed by atoms with van der Waals surface area (Å²) >= 11 is 5.43. The minimum Gasteiger partial charge on any atom is -0.478 e. The highest BCUT2D eigenvalue weighted by atomic mass is 127. The Bertz CT molecular complexity index is 1110. The second-order valence-electron chi connectivity index (χ2n) is 6.37. The predicted molar refractivity (Wildman–Crippen MR) is 125 cm³/mol. The van der Waals surface area contributed by atoms with Crippen molar-refractivity contribution >= 4 is 68.1 Å². The fourth-order valence-electron chi connectivity index (χ4n) is 2.98. The molecule has 0 aliphatic carbocycles. The SMILES string of the molecule is Cc1ccc(CN2C(=O)CC(C(=O)O)=C(Br)c3ccc(C#CSI)cc32)cc1F. The Morgan fingerprint density at radius 1 is 1.34 bits per heavy atom. The number of hydrogen-bond acceptors (Lipinski definition) is 3. The van der Waals surface area contributed by atoms with Crippen LogP contribution >= 0.6 is 46.1 Å². The van der Waals surface area contributed by atoms with Crippen LogP contribution in [0.3, 0.4) is 0 Å². The van der Waals surface area contributed by atoms with Crippen LogP contribution in [0, 0.1) is 23.9 Å². The number of halogens is 3. The molecule has 1 aliphatic rings. The van der Waals surface area contributed by atoms with Gasteiger partial charge >= 0.3 is 5.97 Å². The molecule has 0 saturated heterocycles. The van der Waals surface area contributed by atoms with E-state index in [2.05, 4.69) is 48.3 Å². The molecular weight excluding hydrogens is 572 g/mol. The molecule has 1 amide bonds. The third kappa shape index (κ3) is 4.85. The molecule has 1 aliphatic heterocycles. The van der Waals surface area contributed by atoms with Crippen LogP contribution < -0.4 is 4.90 Å². The van der Waals surface area contributed by atoms with E-state index in [9.17, 15) is 19.1 Å². The van der Waals surface area contributed by atoms with E-state index in [1.807, 2.05) is 0 Å². The molecule has 148 valence electrons. The van der Waals surface area contributed by atoms with Crippen molar-refractivity contribution < 1.29 is 19.1 Å². The first-order valence-corrected chi connectivity index (χ1v) is 12.6. The van der Waals surface area contributed by atoms with Gasteiger partial charge in [0.05, 0.1) is 24.2 Å². The number of nitrogens with zero attached hydrogens (tertiary/aromatic N) is 1. The summed E-state index contributed by atoms with van der Waals surface area (Å²) in [7, 11) is 1.34. The van der Waals surface area contributed by atoms with Gasteiger partial charge in [-0.2, -0.15) is 0 Å². The van der Waals surface area contributed by atoms with Crippen LogP contribution in [0.5, 0.6) is 0 Å². The van der Waals surface area contributed by atoms with Crippen LogP contribution in [0.25, 0.3) is 4.48 Å². The molecule has 0 radical (unpaired) electrons.